The first-order chi connectivity index (χ1) is 7.02. The van der Waals surface area contributed by atoms with Crippen LogP contribution >= 0.6 is 0 Å². The van der Waals surface area contributed by atoms with E-state index in [0.29, 0.717) is 5.92 Å². The molecule has 0 saturated heterocycles. The van der Waals surface area contributed by atoms with E-state index < -0.39 is 12.1 Å². The second-order valence-corrected chi connectivity index (χ2v) is 4.23. The van der Waals surface area contributed by atoms with E-state index in [1.165, 1.54) is 6.08 Å². The van der Waals surface area contributed by atoms with Crippen LogP contribution in [0, 0.1) is 17.8 Å². The molecule has 15 heavy (non-hydrogen) atoms. The molecule has 0 aromatic carbocycles. The van der Waals surface area contributed by atoms with Crippen molar-refractivity contribution >= 4 is 0 Å². The van der Waals surface area contributed by atoms with Crippen LogP contribution in [-0.2, 0) is 0 Å². The number of allylic oxidation sites excluding steroid dienone is 4. The third-order valence-corrected chi connectivity index (χ3v) is 3.13. The minimum absolute atomic E-state index is 0.0456. The van der Waals surface area contributed by atoms with Gasteiger partial charge < -0.3 is 5.11 Å². The largest absolute Gasteiger partial charge is 0.396 e. The second kappa shape index (κ2) is 3.67. The molecule has 0 heterocycles. The summed E-state index contributed by atoms with van der Waals surface area (Å²) >= 11 is 0. The van der Waals surface area contributed by atoms with E-state index in [2.05, 4.69) is 0 Å². The van der Waals surface area contributed by atoms with E-state index in [0.717, 1.165) is 12.0 Å². The SMILES string of the molecule is OCC1CC1C1=CCC(C(F)(F)F)C=C1. The van der Waals surface area contributed by atoms with Crippen molar-refractivity contribution in [2.75, 3.05) is 6.61 Å². The van der Waals surface area contributed by atoms with E-state index in [1.807, 2.05) is 0 Å². The van der Waals surface area contributed by atoms with E-state index in [1.54, 1.807) is 12.2 Å². The average molecular weight is 218 g/mol. The molecule has 1 fully saturated rings. The first-order valence-electron chi connectivity index (χ1n) is 5.08. The van der Waals surface area contributed by atoms with Crippen LogP contribution in [0.2, 0.25) is 0 Å². The zero-order valence-electron chi connectivity index (χ0n) is 8.17. The lowest BCUT2D eigenvalue weighted by atomic mass is 9.93. The Balaban J connectivity index is 1.94. The standard InChI is InChI=1S/C11H13F3O/c12-11(13,14)9-3-1-7(2-4-9)10-5-8(10)6-15/h1-3,8-10,15H,4-6H2. The summed E-state index contributed by atoms with van der Waals surface area (Å²) in [4.78, 5) is 0. The fraction of sp³-hybridized carbons (Fsp3) is 0.636. The molecule has 0 aromatic heterocycles. The summed E-state index contributed by atoms with van der Waals surface area (Å²) in [5.74, 6) is -0.767. The average Bonchev–Trinajstić information content (AvgIpc) is 2.95. The summed E-state index contributed by atoms with van der Waals surface area (Å²) in [6, 6.07) is 0. The van der Waals surface area contributed by atoms with Gasteiger partial charge in [0.2, 0.25) is 0 Å². The molecule has 1 saturated carbocycles. The summed E-state index contributed by atoms with van der Waals surface area (Å²) in [5, 5.41) is 8.86. The third kappa shape index (κ3) is 2.25. The lowest BCUT2D eigenvalue weighted by Gasteiger charge is -2.19. The van der Waals surface area contributed by atoms with Crippen LogP contribution in [0.25, 0.3) is 0 Å². The Morgan fingerprint density at radius 3 is 2.53 bits per heavy atom. The number of hydrogen-bond donors (Lipinski definition) is 1. The smallest absolute Gasteiger partial charge is 0.395 e. The predicted molar refractivity (Wildman–Crippen MR) is 50.1 cm³/mol. The topological polar surface area (TPSA) is 20.2 Å². The van der Waals surface area contributed by atoms with E-state index in [9.17, 15) is 13.2 Å². The number of hydrogen-bond acceptors (Lipinski definition) is 1. The van der Waals surface area contributed by atoms with Crippen LogP contribution in [0.15, 0.2) is 23.8 Å². The minimum Gasteiger partial charge on any atom is -0.396 e. The van der Waals surface area contributed by atoms with Crippen LogP contribution in [0.5, 0.6) is 0 Å². The highest BCUT2D eigenvalue weighted by Gasteiger charge is 2.42. The van der Waals surface area contributed by atoms with E-state index >= 15 is 0 Å². The van der Waals surface area contributed by atoms with Gasteiger partial charge in [-0.3, -0.25) is 0 Å². The summed E-state index contributed by atoms with van der Waals surface area (Å²) in [6.07, 6.45) is 1.30. The molecule has 0 spiro atoms. The van der Waals surface area contributed by atoms with Crippen LogP contribution in [-0.4, -0.2) is 17.9 Å². The third-order valence-electron chi connectivity index (χ3n) is 3.13. The monoisotopic (exact) mass is 218 g/mol. The molecule has 0 amide bonds. The van der Waals surface area contributed by atoms with Gasteiger partial charge in [0, 0.05) is 6.61 Å². The van der Waals surface area contributed by atoms with Gasteiger partial charge in [0.15, 0.2) is 0 Å². The number of rotatable bonds is 2. The number of halogens is 3. The van der Waals surface area contributed by atoms with Gasteiger partial charge in [0.25, 0.3) is 0 Å². The molecular weight excluding hydrogens is 205 g/mol. The lowest BCUT2D eigenvalue weighted by Crippen LogP contribution is -2.21. The van der Waals surface area contributed by atoms with Crippen molar-refractivity contribution in [3.05, 3.63) is 23.8 Å². The second-order valence-electron chi connectivity index (χ2n) is 4.23. The number of aliphatic hydroxyl groups is 1. The number of alkyl halides is 3. The van der Waals surface area contributed by atoms with Crippen LogP contribution in [0.3, 0.4) is 0 Å². The van der Waals surface area contributed by atoms with Gasteiger partial charge in [-0.25, -0.2) is 0 Å². The predicted octanol–water partition coefficient (Wildman–Crippen LogP) is 2.68. The maximum Gasteiger partial charge on any atom is 0.395 e. The quantitative estimate of drug-likeness (QED) is 0.755. The summed E-state index contributed by atoms with van der Waals surface area (Å²) < 4.78 is 36.9. The van der Waals surface area contributed by atoms with Crippen molar-refractivity contribution in [3.8, 4) is 0 Å². The molecule has 1 nitrogen and oxygen atoms in total. The Morgan fingerprint density at radius 2 is 2.13 bits per heavy atom. The lowest BCUT2D eigenvalue weighted by molar-refractivity contribution is -0.160. The van der Waals surface area contributed by atoms with Gasteiger partial charge in [-0.2, -0.15) is 13.2 Å². The van der Waals surface area contributed by atoms with Gasteiger partial charge in [-0.15, -0.1) is 0 Å². The zero-order valence-corrected chi connectivity index (χ0v) is 8.17. The highest BCUT2D eigenvalue weighted by Crippen LogP contribution is 2.46. The molecule has 2 aliphatic rings. The van der Waals surface area contributed by atoms with Crippen LogP contribution in [0.1, 0.15) is 12.8 Å². The van der Waals surface area contributed by atoms with Crippen LogP contribution < -0.4 is 0 Å². The molecule has 0 aliphatic heterocycles. The Kier molecular flexibility index (Phi) is 2.63. The van der Waals surface area contributed by atoms with Crippen molar-refractivity contribution in [2.24, 2.45) is 17.8 Å². The minimum atomic E-state index is -4.13. The Labute approximate surface area is 86.3 Å². The molecule has 3 unspecified atom stereocenters. The van der Waals surface area contributed by atoms with Crippen molar-refractivity contribution in [1.29, 1.82) is 0 Å². The Morgan fingerprint density at radius 1 is 1.40 bits per heavy atom. The molecule has 0 aromatic rings. The van der Waals surface area contributed by atoms with Crippen molar-refractivity contribution < 1.29 is 18.3 Å². The molecule has 84 valence electrons. The number of aliphatic hydroxyl groups excluding tert-OH is 1. The zero-order chi connectivity index (χ0) is 11.1. The Hall–Kier alpha value is -0.770. The highest BCUT2D eigenvalue weighted by molar-refractivity contribution is 5.31. The van der Waals surface area contributed by atoms with Crippen LogP contribution in [0.4, 0.5) is 13.2 Å². The summed E-state index contributed by atoms with van der Waals surface area (Å²) in [6.45, 7) is 0.137. The van der Waals surface area contributed by atoms with E-state index in [4.69, 9.17) is 5.11 Å². The first-order valence-corrected chi connectivity index (χ1v) is 5.08. The Bertz CT molecular complexity index is 303. The molecule has 2 aliphatic carbocycles. The van der Waals surface area contributed by atoms with Crippen molar-refractivity contribution in [3.63, 3.8) is 0 Å². The highest BCUT2D eigenvalue weighted by atomic mass is 19.4. The molecule has 3 atom stereocenters. The molecule has 2 rings (SSSR count). The van der Waals surface area contributed by atoms with Gasteiger partial charge in [0.05, 0.1) is 5.92 Å². The normalized spacial score (nSPS) is 35.2. The fourth-order valence-electron chi connectivity index (χ4n) is 2.01. The van der Waals surface area contributed by atoms with Gasteiger partial charge in [0.1, 0.15) is 0 Å². The van der Waals surface area contributed by atoms with Crippen molar-refractivity contribution in [2.45, 2.75) is 19.0 Å². The van der Waals surface area contributed by atoms with Crippen molar-refractivity contribution in [1.82, 2.24) is 0 Å². The molecule has 0 bridgehead atoms. The van der Waals surface area contributed by atoms with Gasteiger partial charge in [-0.05, 0) is 30.3 Å². The summed E-state index contributed by atoms with van der Waals surface area (Å²) in [5.41, 5.74) is 0.967. The van der Waals surface area contributed by atoms with Gasteiger partial charge in [-0.1, -0.05) is 18.2 Å². The maximum absolute atomic E-state index is 12.3. The van der Waals surface area contributed by atoms with Gasteiger partial charge >= 0.3 is 6.18 Å². The van der Waals surface area contributed by atoms with E-state index in [-0.39, 0.29) is 18.9 Å². The first kappa shape index (κ1) is 10.7. The molecule has 4 heteroatoms. The molecular formula is C11H13F3O. The summed E-state index contributed by atoms with van der Waals surface area (Å²) in [7, 11) is 0. The fourth-order valence-corrected chi connectivity index (χ4v) is 2.01. The maximum atomic E-state index is 12.3. The molecule has 1 N–H and O–H groups in total. The molecule has 0 radical (unpaired) electrons.